The van der Waals surface area contributed by atoms with Gasteiger partial charge in [-0.15, -0.1) is 0 Å². The average molecular weight is 364 g/mol. The number of nitrogens with zero attached hydrogens (tertiary/aromatic N) is 3. The SMILES string of the molecule is CC[C@H](NC(=O)c1cc(CN(C)Cc2ccccc2)on1)c1cccnc1. The highest BCUT2D eigenvalue weighted by atomic mass is 16.5. The zero-order valence-electron chi connectivity index (χ0n) is 15.6. The molecule has 0 unspecified atom stereocenters. The Morgan fingerprint density at radius 3 is 2.70 bits per heavy atom. The van der Waals surface area contributed by atoms with Crippen molar-refractivity contribution in [2.45, 2.75) is 32.5 Å². The number of benzene rings is 1. The summed E-state index contributed by atoms with van der Waals surface area (Å²) < 4.78 is 5.35. The highest BCUT2D eigenvalue weighted by Crippen LogP contribution is 2.16. The van der Waals surface area contributed by atoms with E-state index in [4.69, 9.17) is 4.52 Å². The third-order valence-corrected chi connectivity index (χ3v) is 4.31. The van der Waals surface area contributed by atoms with Crippen LogP contribution in [-0.4, -0.2) is 28.0 Å². The summed E-state index contributed by atoms with van der Waals surface area (Å²) in [5.41, 5.74) is 2.49. The number of aromatic nitrogens is 2. The third kappa shape index (κ3) is 5.24. The summed E-state index contributed by atoms with van der Waals surface area (Å²) in [5, 5.41) is 6.92. The van der Waals surface area contributed by atoms with Crippen molar-refractivity contribution in [2.75, 3.05) is 7.05 Å². The van der Waals surface area contributed by atoms with Gasteiger partial charge in [0.1, 0.15) is 0 Å². The number of hydrogen-bond donors (Lipinski definition) is 1. The van der Waals surface area contributed by atoms with Gasteiger partial charge in [-0.25, -0.2) is 0 Å². The molecule has 1 N–H and O–H groups in total. The van der Waals surface area contributed by atoms with Crippen LogP contribution in [0.2, 0.25) is 0 Å². The molecule has 1 atom stereocenters. The van der Waals surface area contributed by atoms with Crippen LogP contribution < -0.4 is 5.32 Å². The Kier molecular flexibility index (Phi) is 6.33. The Labute approximate surface area is 159 Å². The van der Waals surface area contributed by atoms with Crippen molar-refractivity contribution in [3.05, 3.63) is 83.5 Å². The van der Waals surface area contributed by atoms with Gasteiger partial charge in [-0.05, 0) is 30.7 Å². The zero-order chi connectivity index (χ0) is 19.1. The molecular formula is C21H24N4O2. The molecule has 0 saturated carbocycles. The third-order valence-electron chi connectivity index (χ3n) is 4.31. The maximum absolute atomic E-state index is 12.5. The molecular weight excluding hydrogens is 340 g/mol. The van der Waals surface area contributed by atoms with Gasteiger partial charge in [0.2, 0.25) is 0 Å². The topological polar surface area (TPSA) is 71.3 Å². The number of hydrogen-bond acceptors (Lipinski definition) is 5. The standard InChI is InChI=1S/C21H24N4O2/c1-3-19(17-10-7-11-22-13-17)23-21(26)20-12-18(27-24-20)15-25(2)14-16-8-5-4-6-9-16/h4-13,19H,3,14-15H2,1-2H3,(H,23,26)/t19-/m0/s1. The molecule has 6 heteroatoms. The van der Waals surface area contributed by atoms with Crippen molar-refractivity contribution in [3.8, 4) is 0 Å². The van der Waals surface area contributed by atoms with E-state index in [1.807, 2.05) is 44.3 Å². The lowest BCUT2D eigenvalue weighted by molar-refractivity contribution is 0.0926. The molecule has 2 heterocycles. The summed E-state index contributed by atoms with van der Waals surface area (Å²) in [6.07, 6.45) is 4.25. The van der Waals surface area contributed by atoms with Crippen molar-refractivity contribution in [2.24, 2.45) is 0 Å². The van der Waals surface area contributed by atoms with Gasteiger partial charge in [-0.1, -0.05) is 48.5 Å². The van der Waals surface area contributed by atoms with Crippen LogP contribution in [0.5, 0.6) is 0 Å². The van der Waals surface area contributed by atoms with Crippen LogP contribution in [0.1, 0.15) is 46.8 Å². The first-order valence-electron chi connectivity index (χ1n) is 9.04. The van der Waals surface area contributed by atoms with Crippen LogP contribution in [0.15, 0.2) is 65.4 Å². The molecule has 3 rings (SSSR count). The second kappa shape index (κ2) is 9.09. The van der Waals surface area contributed by atoms with E-state index in [-0.39, 0.29) is 11.9 Å². The van der Waals surface area contributed by atoms with Crippen LogP contribution >= 0.6 is 0 Å². The Hall–Kier alpha value is -2.99. The van der Waals surface area contributed by atoms with Crippen molar-refractivity contribution in [1.82, 2.24) is 20.4 Å². The fourth-order valence-corrected chi connectivity index (χ4v) is 2.95. The first kappa shape index (κ1) is 18.8. The largest absolute Gasteiger partial charge is 0.359 e. The molecule has 1 amide bonds. The minimum absolute atomic E-state index is 0.105. The minimum atomic E-state index is -0.244. The van der Waals surface area contributed by atoms with Crippen molar-refractivity contribution in [1.29, 1.82) is 0 Å². The van der Waals surface area contributed by atoms with E-state index >= 15 is 0 Å². The summed E-state index contributed by atoms with van der Waals surface area (Å²) in [6, 6.07) is 15.6. The quantitative estimate of drug-likeness (QED) is 0.661. The Morgan fingerprint density at radius 1 is 1.19 bits per heavy atom. The number of pyridine rings is 1. The lowest BCUT2D eigenvalue weighted by Crippen LogP contribution is -2.28. The van der Waals surface area contributed by atoms with Gasteiger partial charge in [0, 0.05) is 25.0 Å². The molecule has 6 nitrogen and oxygen atoms in total. The number of carbonyl (C=O) groups excluding carboxylic acids is 1. The number of nitrogens with one attached hydrogen (secondary N) is 1. The number of amides is 1. The molecule has 0 bridgehead atoms. The molecule has 0 saturated heterocycles. The van der Waals surface area contributed by atoms with Gasteiger partial charge in [-0.3, -0.25) is 14.7 Å². The van der Waals surface area contributed by atoms with Gasteiger partial charge in [0.15, 0.2) is 11.5 Å². The van der Waals surface area contributed by atoms with Crippen molar-refractivity contribution < 1.29 is 9.32 Å². The second-order valence-corrected chi connectivity index (χ2v) is 6.56. The van der Waals surface area contributed by atoms with Gasteiger partial charge < -0.3 is 9.84 Å². The Morgan fingerprint density at radius 2 is 2.00 bits per heavy atom. The fourth-order valence-electron chi connectivity index (χ4n) is 2.95. The Balaban J connectivity index is 1.58. The summed E-state index contributed by atoms with van der Waals surface area (Å²) in [5.74, 6) is 0.416. The van der Waals surface area contributed by atoms with Gasteiger partial charge in [-0.2, -0.15) is 0 Å². The van der Waals surface area contributed by atoms with Crippen LogP contribution in [0.4, 0.5) is 0 Å². The molecule has 0 fully saturated rings. The smallest absolute Gasteiger partial charge is 0.273 e. The van der Waals surface area contributed by atoms with E-state index in [2.05, 4.69) is 32.5 Å². The molecule has 0 aliphatic carbocycles. The van der Waals surface area contributed by atoms with Crippen molar-refractivity contribution in [3.63, 3.8) is 0 Å². The highest BCUT2D eigenvalue weighted by Gasteiger charge is 2.18. The van der Waals surface area contributed by atoms with E-state index in [1.54, 1.807) is 18.5 Å². The molecule has 0 aliphatic heterocycles. The molecule has 1 aromatic carbocycles. The highest BCUT2D eigenvalue weighted by molar-refractivity contribution is 5.92. The zero-order valence-corrected chi connectivity index (χ0v) is 15.6. The first-order chi connectivity index (χ1) is 13.2. The predicted octanol–water partition coefficient (Wildman–Crippen LogP) is 3.58. The van der Waals surface area contributed by atoms with Crippen LogP contribution in [-0.2, 0) is 13.1 Å². The Bertz CT molecular complexity index is 849. The normalized spacial score (nSPS) is 12.1. The second-order valence-electron chi connectivity index (χ2n) is 6.56. The van der Waals surface area contributed by atoms with Crippen LogP contribution in [0, 0.1) is 0 Å². The molecule has 2 aromatic heterocycles. The van der Waals surface area contributed by atoms with Gasteiger partial charge in [0.05, 0.1) is 12.6 Å². The molecule has 27 heavy (non-hydrogen) atoms. The van der Waals surface area contributed by atoms with Gasteiger partial charge in [0.25, 0.3) is 5.91 Å². The van der Waals surface area contributed by atoms with E-state index < -0.39 is 0 Å². The monoisotopic (exact) mass is 364 g/mol. The first-order valence-corrected chi connectivity index (χ1v) is 9.04. The fraction of sp³-hybridized carbons (Fsp3) is 0.286. The number of carbonyl (C=O) groups is 1. The lowest BCUT2D eigenvalue weighted by Gasteiger charge is -2.16. The van der Waals surface area contributed by atoms with Crippen LogP contribution in [0.3, 0.4) is 0 Å². The van der Waals surface area contributed by atoms with Gasteiger partial charge >= 0.3 is 0 Å². The predicted molar refractivity (Wildman–Crippen MR) is 103 cm³/mol. The van der Waals surface area contributed by atoms with E-state index in [0.717, 1.165) is 18.5 Å². The van der Waals surface area contributed by atoms with Crippen LogP contribution in [0.25, 0.3) is 0 Å². The molecule has 3 aromatic rings. The average Bonchev–Trinajstić information content (AvgIpc) is 3.16. The summed E-state index contributed by atoms with van der Waals surface area (Å²) in [6.45, 7) is 3.39. The van der Waals surface area contributed by atoms with E-state index in [9.17, 15) is 4.79 Å². The van der Waals surface area contributed by atoms with E-state index in [1.165, 1.54) is 5.56 Å². The maximum Gasteiger partial charge on any atom is 0.273 e. The maximum atomic E-state index is 12.5. The lowest BCUT2D eigenvalue weighted by atomic mass is 10.1. The summed E-state index contributed by atoms with van der Waals surface area (Å²) >= 11 is 0. The molecule has 0 aliphatic rings. The number of rotatable bonds is 8. The van der Waals surface area contributed by atoms with E-state index in [0.29, 0.717) is 18.0 Å². The molecule has 0 radical (unpaired) electrons. The van der Waals surface area contributed by atoms with Crippen molar-refractivity contribution >= 4 is 5.91 Å². The summed E-state index contributed by atoms with van der Waals surface area (Å²) in [7, 11) is 2.00. The molecule has 140 valence electrons. The summed E-state index contributed by atoms with van der Waals surface area (Å²) in [4.78, 5) is 18.7. The minimum Gasteiger partial charge on any atom is -0.359 e. The molecule has 0 spiro atoms.